The van der Waals surface area contributed by atoms with Crippen LogP contribution in [0.4, 0.5) is 8.78 Å². The second kappa shape index (κ2) is 8.54. The predicted molar refractivity (Wildman–Crippen MR) is 122 cm³/mol. The summed E-state index contributed by atoms with van der Waals surface area (Å²) in [5.41, 5.74) is 1.74. The molecule has 5 rings (SSSR count). The lowest BCUT2D eigenvalue weighted by atomic mass is 9.69. The number of pyridine rings is 1. The molecule has 4 nitrogen and oxygen atoms in total. The van der Waals surface area contributed by atoms with Gasteiger partial charge in [-0.2, -0.15) is 0 Å². The van der Waals surface area contributed by atoms with E-state index >= 15 is 0 Å². The van der Waals surface area contributed by atoms with E-state index in [-0.39, 0.29) is 24.7 Å². The van der Waals surface area contributed by atoms with E-state index in [1.165, 1.54) is 30.9 Å². The fourth-order valence-electron chi connectivity index (χ4n) is 5.33. The Bertz CT molecular complexity index is 936. The molecule has 0 bridgehead atoms. The maximum absolute atomic E-state index is 13.5. The molecule has 5 atom stereocenters. The van der Waals surface area contributed by atoms with Crippen LogP contribution in [0.5, 0.6) is 0 Å². The van der Waals surface area contributed by atoms with E-state index in [4.69, 9.17) is 0 Å². The van der Waals surface area contributed by atoms with E-state index in [0.29, 0.717) is 6.04 Å². The summed E-state index contributed by atoms with van der Waals surface area (Å²) in [6.07, 6.45) is 12.5. The van der Waals surface area contributed by atoms with Gasteiger partial charge in [-0.15, -0.1) is 0 Å². The van der Waals surface area contributed by atoms with Crippen molar-refractivity contribution in [2.75, 3.05) is 0 Å². The first kappa shape index (κ1) is 22.8. The van der Waals surface area contributed by atoms with Gasteiger partial charge in [-0.1, -0.05) is 32.6 Å². The molecule has 0 radical (unpaired) electrons. The van der Waals surface area contributed by atoms with Crippen molar-refractivity contribution in [2.45, 2.75) is 63.5 Å². The molecule has 1 aromatic rings. The van der Waals surface area contributed by atoms with Gasteiger partial charge in [-0.05, 0) is 72.6 Å². The molecule has 3 fully saturated rings. The third kappa shape index (κ3) is 4.29. The highest BCUT2D eigenvalue weighted by molar-refractivity contribution is 5.90. The number of nitrogens with one attached hydrogen (secondary N) is 1. The Labute approximate surface area is 188 Å². The lowest BCUT2D eigenvalue weighted by molar-refractivity contribution is -0.181. The van der Waals surface area contributed by atoms with Crippen molar-refractivity contribution in [1.29, 1.82) is 0 Å². The minimum absolute atomic E-state index is 0.0288. The Kier molecular flexibility index (Phi) is 6.10. The first-order valence-electron chi connectivity index (χ1n) is 11.5. The number of Topliss-reactive ketones (excluding diaryl/α,β-unsaturated/α-hetero) is 1. The van der Waals surface area contributed by atoms with Gasteiger partial charge in [0.15, 0.2) is 5.78 Å². The van der Waals surface area contributed by atoms with Crippen LogP contribution < -0.4 is 5.32 Å². The number of alkyl halides is 2. The zero-order valence-corrected chi connectivity index (χ0v) is 18.7. The fourth-order valence-corrected chi connectivity index (χ4v) is 5.33. The molecule has 3 saturated carbocycles. The van der Waals surface area contributed by atoms with Gasteiger partial charge in [0.2, 0.25) is 0 Å². The Morgan fingerprint density at radius 1 is 1.28 bits per heavy atom. The largest absolute Gasteiger partial charge is 0.384 e. The van der Waals surface area contributed by atoms with Crippen LogP contribution in [-0.2, 0) is 4.79 Å². The van der Waals surface area contributed by atoms with Crippen LogP contribution in [0.1, 0.15) is 57.2 Å². The van der Waals surface area contributed by atoms with Crippen molar-refractivity contribution in [2.24, 2.45) is 23.7 Å². The van der Waals surface area contributed by atoms with Crippen LogP contribution in [0.15, 0.2) is 43.3 Å². The fraction of sp³-hybridized carbons (Fsp3) is 0.538. The molecular weight excluding hydrogens is 410 g/mol. The van der Waals surface area contributed by atoms with Gasteiger partial charge < -0.3 is 10.4 Å². The summed E-state index contributed by atoms with van der Waals surface area (Å²) in [6, 6.07) is 4.62. The summed E-state index contributed by atoms with van der Waals surface area (Å²) < 4.78 is 26.9. The number of aliphatic hydroxyl groups is 1. The molecule has 0 spiro atoms. The minimum Gasteiger partial charge on any atom is -0.384 e. The number of aromatic nitrogens is 1. The highest BCUT2D eigenvalue weighted by Crippen LogP contribution is 2.53. The first-order chi connectivity index (χ1) is 15.2. The molecule has 1 aliphatic heterocycles. The minimum atomic E-state index is -2.91. The molecule has 0 saturated heterocycles. The van der Waals surface area contributed by atoms with E-state index in [0.717, 1.165) is 11.6 Å². The van der Waals surface area contributed by atoms with Gasteiger partial charge >= 0.3 is 0 Å². The number of ketones is 1. The van der Waals surface area contributed by atoms with Gasteiger partial charge in [0.1, 0.15) is 5.60 Å². The van der Waals surface area contributed by atoms with Gasteiger partial charge in [0, 0.05) is 25.0 Å². The number of rotatable bonds is 3. The SMILES string of the molecule is C=Cc1ccc(C2=CC=CNC2C2CC2)cn1.CC1CC(=O)C2(O)CC(F)(F)C(C)CC12. The zero-order valence-electron chi connectivity index (χ0n) is 18.7. The monoisotopic (exact) mass is 442 g/mol. The second-order valence-electron chi connectivity index (χ2n) is 9.85. The molecule has 1 aromatic heterocycles. The van der Waals surface area contributed by atoms with E-state index < -0.39 is 29.6 Å². The Balaban J connectivity index is 0.000000155. The van der Waals surface area contributed by atoms with Crippen LogP contribution in [0.2, 0.25) is 0 Å². The predicted octanol–water partition coefficient (Wildman–Crippen LogP) is 5.01. The molecule has 2 N–H and O–H groups in total. The molecule has 0 amide bonds. The molecule has 172 valence electrons. The lowest BCUT2D eigenvalue weighted by Gasteiger charge is -2.42. The summed E-state index contributed by atoms with van der Waals surface area (Å²) in [6.45, 7) is 7.08. The number of allylic oxidation sites excluding steroid dienone is 2. The second-order valence-corrected chi connectivity index (χ2v) is 9.85. The maximum atomic E-state index is 13.5. The molecule has 32 heavy (non-hydrogen) atoms. The number of nitrogens with zero attached hydrogens (tertiary/aromatic N) is 1. The zero-order chi connectivity index (χ0) is 23.1. The van der Waals surface area contributed by atoms with E-state index in [1.54, 1.807) is 6.08 Å². The molecule has 2 heterocycles. The number of dihydropyridines is 1. The number of halogens is 2. The van der Waals surface area contributed by atoms with Crippen LogP contribution in [0.3, 0.4) is 0 Å². The first-order valence-corrected chi connectivity index (χ1v) is 11.5. The number of carbonyl (C=O) groups is 1. The molecule has 0 aromatic carbocycles. The third-order valence-corrected chi connectivity index (χ3v) is 7.53. The number of fused-ring (bicyclic) bond motifs is 1. The van der Waals surface area contributed by atoms with Crippen molar-refractivity contribution in [3.8, 4) is 0 Å². The number of hydrogen-bond acceptors (Lipinski definition) is 4. The van der Waals surface area contributed by atoms with Crippen molar-refractivity contribution in [3.63, 3.8) is 0 Å². The van der Waals surface area contributed by atoms with Crippen molar-refractivity contribution < 1.29 is 18.7 Å². The Morgan fingerprint density at radius 2 is 2.03 bits per heavy atom. The van der Waals surface area contributed by atoms with Crippen molar-refractivity contribution in [1.82, 2.24) is 10.3 Å². The summed E-state index contributed by atoms with van der Waals surface area (Å²) >= 11 is 0. The highest BCUT2D eigenvalue weighted by atomic mass is 19.3. The summed E-state index contributed by atoms with van der Waals surface area (Å²) in [4.78, 5) is 15.9. The highest BCUT2D eigenvalue weighted by Gasteiger charge is 2.62. The number of hydrogen-bond donors (Lipinski definition) is 2. The van der Waals surface area contributed by atoms with Crippen LogP contribution in [0.25, 0.3) is 11.6 Å². The standard InChI is InChI=1S/C15H16N2.C11H16F2O2/c1-2-13-8-7-12(10-17-13)14-4-3-9-16-15(14)11-5-6-11;1-6-3-9(14)10(15)5-11(12,13)7(2)4-8(6)10/h2-4,7-11,15-16H,1,5-6H2;6-8,15H,3-5H2,1-2H3. The quantitative estimate of drug-likeness (QED) is 0.691. The van der Waals surface area contributed by atoms with Gasteiger partial charge in [-0.25, -0.2) is 8.78 Å². The van der Waals surface area contributed by atoms with Gasteiger partial charge in [-0.3, -0.25) is 9.78 Å². The van der Waals surface area contributed by atoms with Crippen LogP contribution >= 0.6 is 0 Å². The van der Waals surface area contributed by atoms with Crippen LogP contribution in [0, 0.1) is 23.7 Å². The summed E-state index contributed by atoms with van der Waals surface area (Å²) in [7, 11) is 0. The Morgan fingerprint density at radius 3 is 2.66 bits per heavy atom. The van der Waals surface area contributed by atoms with Crippen molar-refractivity contribution in [3.05, 3.63) is 54.5 Å². The smallest absolute Gasteiger partial charge is 0.253 e. The average molecular weight is 443 g/mol. The maximum Gasteiger partial charge on any atom is 0.253 e. The number of carbonyl (C=O) groups excluding carboxylic acids is 1. The normalized spacial score (nSPS) is 35.2. The van der Waals surface area contributed by atoms with E-state index in [9.17, 15) is 18.7 Å². The molecule has 5 unspecified atom stereocenters. The van der Waals surface area contributed by atoms with Gasteiger partial charge in [0.05, 0.1) is 11.7 Å². The molecule has 4 aliphatic rings. The third-order valence-electron chi connectivity index (χ3n) is 7.53. The van der Waals surface area contributed by atoms with E-state index in [2.05, 4.69) is 35.1 Å². The van der Waals surface area contributed by atoms with Crippen molar-refractivity contribution >= 4 is 17.4 Å². The summed E-state index contributed by atoms with van der Waals surface area (Å²) in [5.74, 6) is -3.50. The lowest BCUT2D eigenvalue weighted by Crippen LogP contribution is -2.53. The molecular formula is C26H32F2N2O2. The molecule has 6 heteroatoms. The average Bonchev–Trinajstić information content (AvgIpc) is 3.59. The molecule has 3 aliphatic carbocycles. The summed E-state index contributed by atoms with van der Waals surface area (Å²) in [5, 5.41) is 13.5. The Hall–Kier alpha value is -2.34. The van der Waals surface area contributed by atoms with E-state index in [1.807, 2.05) is 25.4 Å². The van der Waals surface area contributed by atoms with Gasteiger partial charge in [0.25, 0.3) is 5.92 Å². The topological polar surface area (TPSA) is 62.2 Å². The van der Waals surface area contributed by atoms with Crippen LogP contribution in [-0.4, -0.2) is 33.4 Å².